The molecule has 120 valence electrons. The number of pyridine rings is 1. The number of nitrogens with zero attached hydrogens (tertiary/aromatic N) is 1. The topological polar surface area (TPSA) is 22.1 Å². The molecule has 25 heavy (non-hydrogen) atoms. The third-order valence-electron chi connectivity index (χ3n) is 4.74. The largest absolute Gasteiger partial charge is 0.454 e. The van der Waals surface area contributed by atoms with Gasteiger partial charge in [0, 0.05) is 18.2 Å². The van der Waals surface area contributed by atoms with Crippen LogP contribution in [-0.4, -0.2) is 4.98 Å². The van der Waals surface area contributed by atoms with Crippen LogP contribution in [0.3, 0.4) is 0 Å². The van der Waals surface area contributed by atoms with Crippen LogP contribution in [-0.2, 0) is 12.8 Å². The molecular formula is C23H17NO. The lowest BCUT2D eigenvalue weighted by Gasteiger charge is -2.25. The van der Waals surface area contributed by atoms with E-state index in [1.807, 2.05) is 24.3 Å². The summed E-state index contributed by atoms with van der Waals surface area (Å²) in [7, 11) is 0. The number of ether oxygens (including phenoxy) is 1. The number of hydrogen-bond donors (Lipinski definition) is 0. The third kappa shape index (κ3) is 2.47. The summed E-state index contributed by atoms with van der Waals surface area (Å²) in [5.41, 5.74) is 4.69. The van der Waals surface area contributed by atoms with Crippen LogP contribution < -0.4 is 4.74 Å². The summed E-state index contributed by atoms with van der Waals surface area (Å²) in [6.45, 7) is 0. The highest BCUT2D eigenvalue weighted by Crippen LogP contribution is 2.48. The molecule has 0 saturated heterocycles. The van der Waals surface area contributed by atoms with Gasteiger partial charge in [-0.3, -0.25) is 4.98 Å². The molecule has 1 aliphatic heterocycles. The van der Waals surface area contributed by atoms with Crippen LogP contribution >= 0.6 is 0 Å². The molecule has 2 heterocycles. The van der Waals surface area contributed by atoms with Crippen molar-refractivity contribution >= 4 is 10.8 Å². The lowest BCUT2D eigenvalue weighted by molar-refractivity contribution is 0.452. The first-order valence-electron chi connectivity index (χ1n) is 8.59. The summed E-state index contributed by atoms with van der Waals surface area (Å²) in [6.07, 6.45) is 1.63. The van der Waals surface area contributed by atoms with E-state index in [4.69, 9.17) is 9.72 Å². The van der Waals surface area contributed by atoms with Crippen molar-refractivity contribution in [1.82, 2.24) is 4.98 Å². The minimum absolute atomic E-state index is 0.794. The van der Waals surface area contributed by atoms with Crippen molar-refractivity contribution in [3.63, 3.8) is 0 Å². The molecule has 1 aliphatic rings. The van der Waals surface area contributed by atoms with Gasteiger partial charge in [0.1, 0.15) is 5.75 Å². The highest BCUT2D eigenvalue weighted by atomic mass is 16.5. The number of benzene rings is 3. The third-order valence-corrected chi connectivity index (χ3v) is 4.74. The van der Waals surface area contributed by atoms with E-state index in [0.717, 1.165) is 35.7 Å². The van der Waals surface area contributed by atoms with Crippen molar-refractivity contribution in [3.05, 3.63) is 101 Å². The zero-order valence-corrected chi connectivity index (χ0v) is 13.8. The van der Waals surface area contributed by atoms with Gasteiger partial charge in [-0.05, 0) is 17.2 Å². The van der Waals surface area contributed by atoms with Crippen molar-refractivity contribution in [3.8, 4) is 11.5 Å². The van der Waals surface area contributed by atoms with E-state index in [9.17, 15) is 0 Å². The zero-order valence-electron chi connectivity index (χ0n) is 13.8. The van der Waals surface area contributed by atoms with Gasteiger partial charge < -0.3 is 4.74 Å². The first-order chi connectivity index (χ1) is 12.4. The van der Waals surface area contributed by atoms with Gasteiger partial charge in [0.15, 0.2) is 5.75 Å². The van der Waals surface area contributed by atoms with Crippen LogP contribution in [0.2, 0.25) is 0 Å². The van der Waals surface area contributed by atoms with Gasteiger partial charge in [0.2, 0.25) is 0 Å². The van der Waals surface area contributed by atoms with Crippen molar-refractivity contribution in [2.24, 2.45) is 0 Å². The Hall–Kier alpha value is -3.13. The fraction of sp³-hybridized carbons (Fsp3) is 0.0870. The first-order valence-corrected chi connectivity index (χ1v) is 8.59. The van der Waals surface area contributed by atoms with E-state index >= 15 is 0 Å². The lowest BCUT2D eigenvalue weighted by atomic mass is 9.97. The Kier molecular flexibility index (Phi) is 3.27. The van der Waals surface area contributed by atoms with E-state index in [-0.39, 0.29) is 0 Å². The fourth-order valence-electron chi connectivity index (χ4n) is 3.52. The maximum Gasteiger partial charge on any atom is 0.160 e. The maximum absolute atomic E-state index is 5.92. The van der Waals surface area contributed by atoms with E-state index in [0.29, 0.717) is 0 Å². The molecule has 0 N–H and O–H groups in total. The first kappa shape index (κ1) is 14.2. The SMILES string of the molecule is c1ccc(Cc2nc(Cc3ccccc3)c3cccc4c3c2O4)cc1. The molecule has 0 atom stereocenters. The summed E-state index contributed by atoms with van der Waals surface area (Å²) in [5, 5.41) is 2.44. The number of aromatic nitrogens is 1. The van der Waals surface area contributed by atoms with Gasteiger partial charge in [-0.15, -0.1) is 0 Å². The fourth-order valence-corrected chi connectivity index (χ4v) is 3.52. The van der Waals surface area contributed by atoms with Crippen LogP contribution in [0.4, 0.5) is 0 Å². The molecule has 3 aromatic carbocycles. The maximum atomic E-state index is 5.92. The molecule has 0 saturated carbocycles. The molecule has 0 bridgehead atoms. The van der Waals surface area contributed by atoms with E-state index < -0.39 is 0 Å². The van der Waals surface area contributed by atoms with Crippen molar-refractivity contribution in [2.45, 2.75) is 12.8 Å². The van der Waals surface area contributed by atoms with Crippen LogP contribution in [0.15, 0.2) is 78.9 Å². The van der Waals surface area contributed by atoms with Crippen LogP contribution in [0.1, 0.15) is 22.5 Å². The normalized spacial score (nSPS) is 11.8. The minimum atomic E-state index is 0.794. The summed E-state index contributed by atoms with van der Waals surface area (Å²) in [6, 6.07) is 27.2. The molecule has 1 aromatic heterocycles. The molecule has 0 aliphatic carbocycles. The molecule has 0 spiro atoms. The molecule has 4 aromatic rings. The quantitative estimate of drug-likeness (QED) is 0.434. The summed E-state index contributed by atoms with van der Waals surface area (Å²) in [5.74, 6) is 1.92. The van der Waals surface area contributed by atoms with Gasteiger partial charge >= 0.3 is 0 Å². The molecule has 0 unspecified atom stereocenters. The Morgan fingerprint density at radius 3 is 1.96 bits per heavy atom. The van der Waals surface area contributed by atoms with Crippen LogP contribution in [0, 0.1) is 0 Å². The summed E-state index contributed by atoms with van der Waals surface area (Å²) in [4.78, 5) is 5.01. The van der Waals surface area contributed by atoms with Crippen molar-refractivity contribution < 1.29 is 4.74 Å². The highest BCUT2D eigenvalue weighted by Gasteiger charge is 2.26. The second kappa shape index (κ2) is 5.75. The van der Waals surface area contributed by atoms with E-state index in [1.165, 1.54) is 21.9 Å². The Bertz CT molecular complexity index is 1060. The summed E-state index contributed by atoms with van der Waals surface area (Å²) >= 11 is 0. The van der Waals surface area contributed by atoms with E-state index in [1.54, 1.807) is 0 Å². The van der Waals surface area contributed by atoms with Gasteiger partial charge in [-0.2, -0.15) is 0 Å². The highest BCUT2D eigenvalue weighted by molar-refractivity contribution is 6.00. The smallest absolute Gasteiger partial charge is 0.160 e. The predicted octanol–water partition coefficient (Wildman–Crippen LogP) is 5.52. The second-order valence-electron chi connectivity index (χ2n) is 6.44. The molecular weight excluding hydrogens is 306 g/mol. The van der Waals surface area contributed by atoms with Crippen LogP contribution in [0.25, 0.3) is 10.8 Å². The summed E-state index contributed by atoms with van der Waals surface area (Å²) < 4.78 is 5.92. The Morgan fingerprint density at radius 2 is 1.28 bits per heavy atom. The van der Waals surface area contributed by atoms with Crippen LogP contribution in [0.5, 0.6) is 11.5 Å². The Labute approximate surface area is 146 Å². The molecule has 0 fully saturated rings. The van der Waals surface area contributed by atoms with Gasteiger partial charge in [-0.1, -0.05) is 72.8 Å². The predicted molar refractivity (Wildman–Crippen MR) is 100 cm³/mol. The molecule has 2 nitrogen and oxygen atoms in total. The van der Waals surface area contributed by atoms with Crippen molar-refractivity contribution in [1.29, 1.82) is 0 Å². The number of rotatable bonds is 4. The van der Waals surface area contributed by atoms with Gasteiger partial charge in [-0.25, -0.2) is 0 Å². The molecule has 0 radical (unpaired) electrons. The molecule has 0 amide bonds. The lowest BCUT2D eigenvalue weighted by Crippen LogP contribution is -2.09. The second-order valence-corrected chi connectivity index (χ2v) is 6.44. The number of hydrogen-bond acceptors (Lipinski definition) is 2. The molecule has 2 heteroatoms. The zero-order chi connectivity index (χ0) is 16.6. The van der Waals surface area contributed by atoms with Gasteiger partial charge in [0.25, 0.3) is 0 Å². The average molecular weight is 323 g/mol. The Balaban J connectivity index is 1.63. The minimum Gasteiger partial charge on any atom is -0.454 e. The monoisotopic (exact) mass is 323 g/mol. The van der Waals surface area contributed by atoms with Crippen molar-refractivity contribution in [2.75, 3.05) is 0 Å². The Morgan fingerprint density at radius 1 is 0.640 bits per heavy atom. The standard InChI is InChI=1S/C23H17NO/c1-3-8-16(9-4-1)14-19-18-12-7-13-21-22(18)23(25-21)20(24-19)15-17-10-5-2-6-11-17/h1-13H,14-15H2. The average Bonchev–Trinajstić information content (AvgIpc) is 2.63. The molecule has 5 rings (SSSR count). The van der Waals surface area contributed by atoms with Gasteiger partial charge in [0.05, 0.1) is 16.8 Å². The van der Waals surface area contributed by atoms with E-state index in [2.05, 4.69) is 54.6 Å².